The number of benzene rings is 1. The molecule has 0 bridgehead atoms. The fourth-order valence-electron chi connectivity index (χ4n) is 3.16. The van der Waals surface area contributed by atoms with E-state index < -0.39 is 0 Å². The van der Waals surface area contributed by atoms with Gasteiger partial charge in [-0.1, -0.05) is 12.1 Å². The molecule has 2 atom stereocenters. The highest BCUT2D eigenvalue weighted by molar-refractivity contribution is 5.42. The van der Waals surface area contributed by atoms with E-state index >= 15 is 0 Å². The average Bonchev–Trinajstić information content (AvgIpc) is 2.71. The van der Waals surface area contributed by atoms with Crippen LogP contribution in [0, 0.1) is 5.92 Å². The molecular formula is C16H23NO2. The zero-order chi connectivity index (χ0) is 13.5. The summed E-state index contributed by atoms with van der Waals surface area (Å²) in [6, 6.07) is 6.49. The summed E-state index contributed by atoms with van der Waals surface area (Å²) >= 11 is 0. The molecule has 3 nitrogen and oxygen atoms in total. The van der Waals surface area contributed by atoms with Gasteiger partial charge in [0.2, 0.25) is 0 Å². The normalized spacial score (nSPS) is 26.6. The Morgan fingerprint density at radius 2 is 2.21 bits per heavy atom. The highest BCUT2D eigenvalue weighted by Crippen LogP contribution is 2.37. The molecular weight excluding hydrogens is 238 g/mol. The van der Waals surface area contributed by atoms with Crippen LogP contribution in [0.4, 0.5) is 0 Å². The molecule has 1 aromatic carbocycles. The second-order valence-corrected chi connectivity index (χ2v) is 6.41. The minimum atomic E-state index is -0.0843. The number of fused-ring (bicyclic) bond motifs is 1. The molecule has 2 N–H and O–H groups in total. The third kappa shape index (κ3) is 2.63. The molecule has 0 radical (unpaired) electrons. The van der Waals surface area contributed by atoms with Crippen LogP contribution in [0.15, 0.2) is 18.2 Å². The summed E-state index contributed by atoms with van der Waals surface area (Å²) in [5, 5.41) is 0. The summed E-state index contributed by atoms with van der Waals surface area (Å²) in [7, 11) is 0. The third-order valence-corrected chi connectivity index (χ3v) is 4.18. The van der Waals surface area contributed by atoms with Crippen LogP contribution >= 0.6 is 0 Å². The summed E-state index contributed by atoms with van der Waals surface area (Å²) in [6.45, 7) is 5.93. The molecule has 0 aliphatic carbocycles. The van der Waals surface area contributed by atoms with Gasteiger partial charge in [-0.15, -0.1) is 0 Å². The molecule has 19 heavy (non-hydrogen) atoms. The molecule has 3 heteroatoms. The molecule has 0 amide bonds. The van der Waals surface area contributed by atoms with Crippen molar-refractivity contribution in [3.05, 3.63) is 29.3 Å². The summed E-state index contributed by atoms with van der Waals surface area (Å²) in [5.41, 5.74) is 8.83. The molecule has 1 fully saturated rings. The van der Waals surface area contributed by atoms with Crippen molar-refractivity contribution < 1.29 is 9.47 Å². The highest BCUT2D eigenvalue weighted by Gasteiger charge is 2.31. The third-order valence-electron chi connectivity index (χ3n) is 4.18. The maximum atomic E-state index is 6.41. The van der Waals surface area contributed by atoms with Gasteiger partial charge in [0, 0.05) is 25.0 Å². The zero-order valence-electron chi connectivity index (χ0n) is 11.8. The SMILES string of the molecule is CC1(C)Cc2cc(C(N)C3CCCOC3)ccc2O1. The number of ether oxygens (including phenoxy) is 2. The van der Waals surface area contributed by atoms with Crippen LogP contribution < -0.4 is 10.5 Å². The predicted molar refractivity (Wildman–Crippen MR) is 75.3 cm³/mol. The summed E-state index contributed by atoms with van der Waals surface area (Å²) in [6.07, 6.45) is 3.25. The first-order chi connectivity index (χ1) is 9.05. The molecule has 3 rings (SSSR count). The number of rotatable bonds is 2. The Bertz CT molecular complexity index is 464. The molecule has 2 aliphatic heterocycles. The lowest BCUT2D eigenvalue weighted by Gasteiger charge is -2.28. The Labute approximate surface area is 115 Å². The summed E-state index contributed by atoms with van der Waals surface area (Å²) in [5.74, 6) is 1.46. The lowest BCUT2D eigenvalue weighted by molar-refractivity contribution is 0.0447. The van der Waals surface area contributed by atoms with Gasteiger partial charge < -0.3 is 15.2 Å². The van der Waals surface area contributed by atoms with E-state index in [1.165, 1.54) is 17.5 Å². The molecule has 1 saturated heterocycles. The molecule has 0 aromatic heterocycles. The Kier molecular flexibility index (Phi) is 3.27. The standard InChI is InChI=1S/C16H23NO2/c1-16(2)9-13-8-11(5-6-14(13)19-16)15(17)12-4-3-7-18-10-12/h5-6,8,12,15H,3-4,7,9-10,17H2,1-2H3. The monoisotopic (exact) mass is 261 g/mol. The van der Waals surface area contributed by atoms with Crippen LogP contribution in [-0.2, 0) is 11.2 Å². The lowest BCUT2D eigenvalue weighted by atomic mass is 9.88. The lowest BCUT2D eigenvalue weighted by Crippen LogP contribution is -2.29. The number of nitrogens with two attached hydrogens (primary N) is 1. The fraction of sp³-hybridized carbons (Fsp3) is 0.625. The van der Waals surface area contributed by atoms with E-state index in [0.29, 0.717) is 5.92 Å². The van der Waals surface area contributed by atoms with Gasteiger partial charge in [-0.2, -0.15) is 0 Å². The average molecular weight is 261 g/mol. The first kappa shape index (κ1) is 12.9. The van der Waals surface area contributed by atoms with Crippen LogP contribution in [-0.4, -0.2) is 18.8 Å². The van der Waals surface area contributed by atoms with E-state index in [9.17, 15) is 0 Å². The van der Waals surface area contributed by atoms with Gasteiger partial charge in [-0.25, -0.2) is 0 Å². The first-order valence-corrected chi connectivity index (χ1v) is 7.20. The predicted octanol–water partition coefficient (Wildman–Crippen LogP) is 2.83. The van der Waals surface area contributed by atoms with Crippen molar-refractivity contribution in [1.82, 2.24) is 0 Å². The fourth-order valence-corrected chi connectivity index (χ4v) is 3.16. The Morgan fingerprint density at radius 1 is 1.37 bits per heavy atom. The van der Waals surface area contributed by atoms with Gasteiger partial charge in [0.1, 0.15) is 11.4 Å². The highest BCUT2D eigenvalue weighted by atomic mass is 16.5. The topological polar surface area (TPSA) is 44.5 Å². The van der Waals surface area contributed by atoms with E-state index in [2.05, 4.69) is 32.0 Å². The van der Waals surface area contributed by atoms with Crippen molar-refractivity contribution in [2.45, 2.75) is 44.8 Å². The quantitative estimate of drug-likeness (QED) is 0.890. The van der Waals surface area contributed by atoms with Gasteiger partial charge >= 0.3 is 0 Å². The number of hydrogen-bond donors (Lipinski definition) is 1. The molecule has 0 saturated carbocycles. The second kappa shape index (κ2) is 4.80. The molecule has 2 heterocycles. The van der Waals surface area contributed by atoms with Crippen LogP contribution in [0.2, 0.25) is 0 Å². The Hall–Kier alpha value is -1.06. The van der Waals surface area contributed by atoms with Gasteiger partial charge in [0.15, 0.2) is 0 Å². The van der Waals surface area contributed by atoms with Crippen LogP contribution in [0.5, 0.6) is 5.75 Å². The number of hydrogen-bond acceptors (Lipinski definition) is 3. The van der Waals surface area contributed by atoms with Crippen LogP contribution in [0.25, 0.3) is 0 Å². The molecule has 0 spiro atoms. The van der Waals surface area contributed by atoms with Crippen molar-refractivity contribution in [1.29, 1.82) is 0 Å². The second-order valence-electron chi connectivity index (χ2n) is 6.41. The maximum absolute atomic E-state index is 6.41. The molecule has 2 unspecified atom stereocenters. The van der Waals surface area contributed by atoms with Gasteiger partial charge in [-0.05, 0) is 43.9 Å². The van der Waals surface area contributed by atoms with E-state index in [1.807, 2.05) is 0 Å². The van der Waals surface area contributed by atoms with Crippen molar-refractivity contribution in [3.8, 4) is 5.75 Å². The van der Waals surface area contributed by atoms with Crippen molar-refractivity contribution >= 4 is 0 Å². The molecule has 1 aromatic rings. The van der Waals surface area contributed by atoms with E-state index in [1.54, 1.807) is 0 Å². The minimum absolute atomic E-state index is 0.0781. The van der Waals surface area contributed by atoms with Crippen LogP contribution in [0.1, 0.15) is 43.9 Å². The maximum Gasteiger partial charge on any atom is 0.123 e. The Morgan fingerprint density at radius 3 is 2.95 bits per heavy atom. The van der Waals surface area contributed by atoms with E-state index in [-0.39, 0.29) is 11.6 Å². The van der Waals surface area contributed by atoms with E-state index in [0.717, 1.165) is 31.8 Å². The van der Waals surface area contributed by atoms with Crippen molar-refractivity contribution in [3.63, 3.8) is 0 Å². The summed E-state index contributed by atoms with van der Waals surface area (Å²) in [4.78, 5) is 0. The Balaban J connectivity index is 1.79. The largest absolute Gasteiger partial charge is 0.487 e. The first-order valence-electron chi connectivity index (χ1n) is 7.20. The van der Waals surface area contributed by atoms with E-state index in [4.69, 9.17) is 15.2 Å². The van der Waals surface area contributed by atoms with Crippen molar-refractivity contribution in [2.24, 2.45) is 11.7 Å². The summed E-state index contributed by atoms with van der Waals surface area (Å²) < 4.78 is 11.5. The molecule has 104 valence electrons. The zero-order valence-corrected chi connectivity index (χ0v) is 11.8. The minimum Gasteiger partial charge on any atom is -0.487 e. The van der Waals surface area contributed by atoms with Gasteiger partial charge in [0.05, 0.1) is 6.61 Å². The smallest absolute Gasteiger partial charge is 0.123 e. The van der Waals surface area contributed by atoms with Crippen molar-refractivity contribution in [2.75, 3.05) is 13.2 Å². The van der Waals surface area contributed by atoms with Gasteiger partial charge in [-0.3, -0.25) is 0 Å². The van der Waals surface area contributed by atoms with Crippen LogP contribution in [0.3, 0.4) is 0 Å². The van der Waals surface area contributed by atoms with Gasteiger partial charge in [0.25, 0.3) is 0 Å². The molecule has 2 aliphatic rings.